The van der Waals surface area contributed by atoms with Gasteiger partial charge in [0.05, 0.1) is 0 Å². The van der Waals surface area contributed by atoms with Crippen molar-refractivity contribution >= 4 is 11.9 Å². The molecule has 0 spiro atoms. The number of carbonyl (C=O) groups excluding carboxylic acids is 1. The zero-order valence-corrected chi connectivity index (χ0v) is 10.5. The first-order chi connectivity index (χ1) is 7.34. The summed E-state index contributed by atoms with van der Waals surface area (Å²) >= 11 is 0. The fourth-order valence-electron chi connectivity index (χ4n) is 1.32. The van der Waals surface area contributed by atoms with Crippen LogP contribution in [-0.2, 0) is 9.59 Å². The number of carboxylic acids is 1. The maximum Gasteiger partial charge on any atom is 0.320 e. The molecule has 0 radical (unpaired) electrons. The number of aliphatic carboxylic acids is 1. The van der Waals surface area contributed by atoms with Gasteiger partial charge in [-0.1, -0.05) is 13.8 Å². The van der Waals surface area contributed by atoms with E-state index < -0.39 is 12.0 Å². The Kier molecular flexibility index (Phi) is 6.72. The van der Waals surface area contributed by atoms with Crippen LogP contribution in [0.2, 0.25) is 0 Å². The highest BCUT2D eigenvalue weighted by molar-refractivity contribution is 5.76. The Morgan fingerprint density at radius 2 is 1.88 bits per heavy atom. The van der Waals surface area contributed by atoms with Gasteiger partial charge in [-0.15, -0.1) is 0 Å². The third kappa shape index (κ3) is 6.40. The van der Waals surface area contributed by atoms with Gasteiger partial charge in [0.2, 0.25) is 5.91 Å². The van der Waals surface area contributed by atoms with Crippen molar-refractivity contribution in [3.05, 3.63) is 0 Å². The van der Waals surface area contributed by atoms with E-state index in [1.165, 1.54) is 4.90 Å². The summed E-state index contributed by atoms with van der Waals surface area (Å²) in [6.07, 6.45) is 0.903. The number of nitrogens with one attached hydrogen (secondary N) is 1. The summed E-state index contributed by atoms with van der Waals surface area (Å²) in [5.74, 6) is -0.537. The van der Waals surface area contributed by atoms with Crippen LogP contribution in [0, 0.1) is 5.92 Å². The summed E-state index contributed by atoms with van der Waals surface area (Å²) in [4.78, 5) is 23.6. The molecule has 0 bridgehead atoms. The van der Waals surface area contributed by atoms with Crippen LogP contribution in [0.15, 0.2) is 0 Å². The van der Waals surface area contributed by atoms with Gasteiger partial charge in [-0.2, -0.15) is 0 Å². The fraction of sp³-hybridized carbons (Fsp3) is 0.818. The second-order valence-electron chi connectivity index (χ2n) is 4.51. The van der Waals surface area contributed by atoms with E-state index in [0.29, 0.717) is 25.3 Å². The third-order valence-corrected chi connectivity index (χ3v) is 2.23. The number of nitrogens with zero attached hydrogens (tertiary/aromatic N) is 1. The molecule has 0 saturated carbocycles. The summed E-state index contributed by atoms with van der Waals surface area (Å²) in [6.45, 7) is 4.35. The van der Waals surface area contributed by atoms with E-state index >= 15 is 0 Å². The molecular weight excluding hydrogens is 208 g/mol. The van der Waals surface area contributed by atoms with Crippen LogP contribution in [0.1, 0.15) is 26.7 Å². The first-order valence-electron chi connectivity index (χ1n) is 5.51. The molecule has 0 aromatic heterocycles. The molecule has 0 heterocycles. The van der Waals surface area contributed by atoms with E-state index in [1.807, 2.05) is 13.8 Å². The van der Waals surface area contributed by atoms with Gasteiger partial charge in [-0.3, -0.25) is 9.59 Å². The zero-order valence-electron chi connectivity index (χ0n) is 10.5. The minimum atomic E-state index is -0.856. The molecule has 0 aromatic carbocycles. The monoisotopic (exact) mass is 230 g/mol. The molecule has 0 fully saturated rings. The maximum absolute atomic E-state index is 11.3. The highest BCUT2D eigenvalue weighted by Gasteiger charge is 2.18. The van der Waals surface area contributed by atoms with E-state index in [-0.39, 0.29) is 5.91 Å². The van der Waals surface area contributed by atoms with Crippen molar-refractivity contribution in [3.8, 4) is 0 Å². The van der Waals surface area contributed by atoms with Crippen molar-refractivity contribution < 1.29 is 14.7 Å². The number of amides is 1. The molecule has 16 heavy (non-hydrogen) atoms. The highest BCUT2D eigenvalue weighted by Crippen LogP contribution is 2.04. The van der Waals surface area contributed by atoms with E-state index in [0.717, 1.165) is 0 Å². The van der Waals surface area contributed by atoms with Crippen LogP contribution in [0.25, 0.3) is 0 Å². The standard InChI is InChI=1S/C11H22N2O3/c1-8(2)7-9(11(15)16)12-6-5-10(14)13(3)4/h8-9,12H,5-7H2,1-4H3,(H,15,16). The Balaban J connectivity index is 3.94. The molecule has 0 saturated heterocycles. The summed E-state index contributed by atoms with van der Waals surface area (Å²) in [5, 5.41) is 11.8. The van der Waals surface area contributed by atoms with E-state index in [2.05, 4.69) is 5.32 Å². The van der Waals surface area contributed by atoms with E-state index in [4.69, 9.17) is 5.11 Å². The lowest BCUT2D eigenvalue weighted by molar-refractivity contribution is -0.140. The van der Waals surface area contributed by atoms with Crippen LogP contribution in [0.5, 0.6) is 0 Å². The van der Waals surface area contributed by atoms with Crippen LogP contribution < -0.4 is 5.32 Å². The molecule has 0 aliphatic heterocycles. The minimum absolute atomic E-state index is 0.00110. The first-order valence-corrected chi connectivity index (χ1v) is 5.51. The SMILES string of the molecule is CC(C)CC(NCCC(=O)N(C)C)C(=O)O. The molecule has 5 nitrogen and oxygen atoms in total. The molecule has 1 amide bonds. The molecular formula is C11H22N2O3. The lowest BCUT2D eigenvalue weighted by Gasteiger charge is -2.17. The number of carbonyl (C=O) groups is 2. The van der Waals surface area contributed by atoms with Gasteiger partial charge in [0, 0.05) is 27.1 Å². The molecule has 0 rings (SSSR count). The van der Waals surface area contributed by atoms with E-state index in [9.17, 15) is 9.59 Å². The number of hydrogen-bond acceptors (Lipinski definition) is 3. The minimum Gasteiger partial charge on any atom is -0.480 e. The number of hydrogen-bond donors (Lipinski definition) is 2. The van der Waals surface area contributed by atoms with Crippen LogP contribution in [-0.4, -0.2) is 48.6 Å². The maximum atomic E-state index is 11.3. The summed E-state index contributed by atoms with van der Waals surface area (Å²) < 4.78 is 0. The smallest absolute Gasteiger partial charge is 0.320 e. The van der Waals surface area contributed by atoms with Crippen molar-refractivity contribution in [1.82, 2.24) is 10.2 Å². The van der Waals surface area contributed by atoms with Crippen LogP contribution in [0.4, 0.5) is 0 Å². The van der Waals surface area contributed by atoms with E-state index in [1.54, 1.807) is 14.1 Å². The Hall–Kier alpha value is -1.10. The second kappa shape index (κ2) is 7.22. The molecule has 0 aliphatic rings. The Morgan fingerprint density at radius 3 is 2.25 bits per heavy atom. The molecule has 0 aliphatic carbocycles. The summed E-state index contributed by atoms with van der Waals surface area (Å²) in [7, 11) is 3.37. The molecule has 2 N–H and O–H groups in total. The van der Waals surface area contributed by atoms with Gasteiger partial charge in [-0.25, -0.2) is 0 Å². The average Bonchev–Trinajstić information content (AvgIpc) is 2.14. The zero-order chi connectivity index (χ0) is 12.7. The Morgan fingerprint density at radius 1 is 1.31 bits per heavy atom. The topological polar surface area (TPSA) is 69.6 Å². The van der Waals surface area contributed by atoms with Crippen molar-refractivity contribution in [3.63, 3.8) is 0 Å². The molecule has 0 aromatic rings. The summed E-state index contributed by atoms with van der Waals surface area (Å²) in [6, 6.07) is -0.560. The number of carboxylic acid groups (broad SMARTS) is 1. The molecule has 5 heteroatoms. The van der Waals surface area contributed by atoms with Gasteiger partial charge >= 0.3 is 5.97 Å². The fourth-order valence-corrected chi connectivity index (χ4v) is 1.32. The first kappa shape index (κ1) is 14.9. The predicted molar refractivity (Wildman–Crippen MR) is 62.2 cm³/mol. The third-order valence-electron chi connectivity index (χ3n) is 2.23. The van der Waals surface area contributed by atoms with Crippen molar-refractivity contribution in [2.45, 2.75) is 32.7 Å². The quantitative estimate of drug-likeness (QED) is 0.670. The Labute approximate surface area is 96.8 Å². The van der Waals surface area contributed by atoms with Crippen LogP contribution >= 0.6 is 0 Å². The van der Waals surface area contributed by atoms with Crippen molar-refractivity contribution in [1.29, 1.82) is 0 Å². The van der Waals surface area contributed by atoms with Gasteiger partial charge in [0.15, 0.2) is 0 Å². The molecule has 1 unspecified atom stereocenters. The predicted octanol–water partition coefficient (Wildman–Crippen LogP) is 0.554. The van der Waals surface area contributed by atoms with Gasteiger partial charge in [0.1, 0.15) is 6.04 Å². The van der Waals surface area contributed by atoms with Gasteiger partial charge in [0.25, 0.3) is 0 Å². The van der Waals surface area contributed by atoms with Crippen molar-refractivity contribution in [2.24, 2.45) is 5.92 Å². The largest absolute Gasteiger partial charge is 0.480 e. The van der Waals surface area contributed by atoms with Gasteiger partial charge in [-0.05, 0) is 12.3 Å². The lowest BCUT2D eigenvalue weighted by atomic mass is 10.0. The highest BCUT2D eigenvalue weighted by atomic mass is 16.4. The number of rotatable bonds is 7. The van der Waals surface area contributed by atoms with Crippen LogP contribution in [0.3, 0.4) is 0 Å². The molecule has 94 valence electrons. The summed E-state index contributed by atoms with van der Waals surface area (Å²) in [5.41, 5.74) is 0. The molecule has 1 atom stereocenters. The average molecular weight is 230 g/mol. The van der Waals surface area contributed by atoms with Gasteiger partial charge < -0.3 is 15.3 Å². The Bertz CT molecular complexity index is 239. The van der Waals surface area contributed by atoms with Crippen molar-refractivity contribution in [2.75, 3.05) is 20.6 Å². The lowest BCUT2D eigenvalue weighted by Crippen LogP contribution is -2.39. The normalized spacial score (nSPS) is 12.6. The second-order valence-corrected chi connectivity index (χ2v) is 4.51.